The molecule has 3 rings (SSSR count). The lowest BCUT2D eigenvalue weighted by atomic mass is 10.1. The third kappa shape index (κ3) is 5.78. The van der Waals surface area contributed by atoms with E-state index >= 15 is 0 Å². The molecule has 1 heterocycles. The van der Waals surface area contributed by atoms with E-state index in [-0.39, 0.29) is 41.4 Å². The fourth-order valence-corrected chi connectivity index (χ4v) is 2.60. The number of aromatic nitrogens is 1. The Kier molecular flexibility index (Phi) is 6.94. The summed E-state index contributed by atoms with van der Waals surface area (Å²) in [5, 5.41) is 3.75. The van der Waals surface area contributed by atoms with Gasteiger partial charge in [0.05, 0.1) is 5.69 Å². The number of aliphatic imine (C=N–C) groups is 1. The first kappa shape index (κ1) is 20.9. The maximum atomic E-state index is 12.4. The first-order valence-corrected chi connectivity index (χ1v) is 7.89. The number of H-pyrrole nitrogens is 1. The zero-order chi connectivity index (χ0) is 18.6. The summed E-state index contributed by atoms with van der Waals surface area (Å²) in [6, 6.07) is 13.5. The van der Waals surface area contributed by atoms with E-state index in [9.17, 15) is 13.2 Å². The van der Waals surface area contributed by atoms with Crippen molar-refractivity contribution in [3.63, 3.8) is 0 Å². The predicted molar refractivity (Wildman–Crippen MR) is 111 cm³/mol. The Hall–Kier alpha value is -2.43. The van der Waals surface area contributed by atoms with Crippen LogP contribution in [-0.4, -0.2) is 23.9 Å². The monoisotopic (exact) mass is 490 g/mol. The van der Waals surface area contributed by atoms with Crippen LogP contribution in [-0.2, 0) is 6.42 Å². The van der Waals surface area contributed by atoms with Gasteiger partial charge in [0.15, 0.2) is 11.7 Å². The van der Waals surface area contributed by atoms with Crippen LogP contribution in [0.15, 0.2) is 59.7 Å². The number of para-hydroxylation sites is 3. The molecule has 0 aliphatic carbocycles. The summed E-state index contributed by atoms with van der Waals surface area (Å²) < 4.78 is 41.3. The van der Waals surface area contributed by atoms with Crippen molar-refractivity contribution in [2.45, 2.75) is 12.8 Å². The van der Waals surface area contributed by atoms with Crippen LogP contribution in [0.3, 0.4) is 0 Å². The first-order chi connectivity index (χ1) is 12.4. The molecule has 0 atom stereocenters. The number of nitrogens with zero attached hydrogens (tertiary/aromatic N) is 1. The van der Waals surface area contributed by atoms with E-state index in [2.05, 4.69) is 20.0 Å². The Morgan fingerprint density at radius 1 is 1.11 bits per heavy atom. The molecule has 0 aliphatic rings. The van der Waals surface area contributed by atoms with Gasteiger partial charge in [-0.05, 0) is 30.2 Å². The van der Waals surface area contributed by atoms with Crippen LogP contribution in [0.4, 0.5) is 18.9 Å². The van der Waals surface area contributed by atoms with Crippen molar-refractivity contribution in [1.29, 1.82) is 0 Å². The smallest absolute Gasteiger partial charge is 0.404 e. The van der Waals surface area contributed by atoms with Gasteiger partial charge in [0, 0.05) is 23.6 Å². The highest BCUT2D eigenvalue weighted by molar-refractivity contribution is 14.0. The third-order valence-corrected chi connectivity index (χ3v) is 3.71. The van der Waals surface area contributed by atoms with Gasteiger partial charge in [-0.2, -0.15) is 0 Å². The summed E-state index contributed by atoms with van der Waals surface area (Å²) in [7, 11) is 0. The number of guanidine groups is 1. The summed E-state index contributed by atoms with van der Waals surface area (Å²) in [4.78, 5) is 7.35. The van der Waals surface area contributed by atoms with E-state index in [4.69, 9.17) is 5.73 Å². The fraction of sp³-hybridized carbons (Fsp3) is 0.167. The van der Waals surface area contributed by atoms with Gasteiger partial charge < -0.3 is 20.8 Å². The minimum Gasteiger partial charge on any atom is -0.404 e. The van der Waals surface area contributed by atoms with Gasteiger partial charge in [-0.3, -0.25) is 4.99 Å². The number of fused-ring (bicyclic) bond motifs is 1. The highest BCUT2D eigenvalue weighted by atomic mass is 127. The molecule has 9 heteroatoms. The van der Waals surface area contributed by atoms with E-state index < -0.39 is 6.36 Å². The summed E-state index contributed by atoms with van der Waals surface area (Å²) >= 11 is 0. The SMILES string of the molecule is I.NC(=NCCc1c[nH]c2ccccc12)Nc1ccccc1OC(F)(F)F. The molecular formula is C18H18F3IN4O. The number of benzene rings is 2. The molecule has 2 aromatic carbocycles. The molecule has 0 spiro atoms. The van der Waals surface area contributed by atoms with E-state index in [1.54, 1.807) is 6.07 Å². The quantitative estimate of drug-likeness (QED) is 0.277. The van der Waals surface area contributed by atoms with Gasteiger partial charge in [-0.1, -0.05) is 30.3 Å². The molecule has 0 bridgehead atoms. The van der Waals surface area contributed by atoms with Crippen LogP contribution in [0.5, 0.6) is 5.75 Å². The van der Waals surface area contributed by atoms with Gasteiger partial charge in [0.25, 0.3) is 0 Å². The standard InChI is InChI=1S/C18H17F3N4O.HI/c19-18(20,21)26-16-8-4-3-7-15(16)25-17(22)23-10-9-12-11-24-14-6-2-1-5-13(12)14;/h1-8,11,24H,9-10H2,(H3,22,23,25);1H. The van der Waals surface area contributed by atoms with Crippen molar-refractivity contribution in [2.24, 2.45) is 10.7 Å². The minimum atomic E-state index is -4.78. The Bertz CT molecular complexity index is 924. The Morgan fingerprint density at radius 2 is 1.81 bits per heavy atom. The molecule has 27 heavy (non-hydrogen) atoms. The van der Waals surface area contributed by atoms with E-state index in [1.807, 2.05) is 30.5 Å². The zero-order valence-electron chi connectivity index (χ0n) is 14.1. The summed E-state index contributed by atoms with van der Waals surface area (Å²) in [5.74, 6) is -0.349. The van der Waals surface area contributed by atoms with Gasteiger partial charge in [-0.25, -0.2) is 0 Å². The van der Waals surface area contributed by atoms with Crippen molar-refractivity contribution < 1.29 is 17.9 Å². The molecule has 0 amide bonds. The van der Waals surface area contributed by atoms with Crippen LogP contribution >= 0.6 is 24.0 Å². The predicted octanol–water partition coefficient (Wildman–Crippen LogP) is 4.65. The molecular weight excluding hydrogens is 472 g/mol. The van der Waals surface area contributed by atoms with Gasteiger partial charge in [-0.15, -0.1) is 37.1 Å². The third-order valence-electron chi connectivity index (χ3n) is 3.71. The normalized spacial score (nSPS) is 11.9. The molecule has 0 fully saturated rings. The summed E-state index contributed by atoms with van der Waals surface area (Å²) in [5.41, 5.74) is 8.01. The average Bonchev–Trinajstić information content (AvgIpc) is 2.99. The molecule has 5 nitrogen and oxygen atoms in total. The highest BCUT2D eigenvalue weighted by Gasteiger charge is 2.32. The second-order valence-corrected chi connectivity index (χ2v) is 5.55. The maximum absolute atomic E-state index is 12.4. The summed E-state index contributed by atoms with van der Waals surface area (Å²) in [6.07, 6.45) is -2.22. The number of anilines is 1. The van der Waals surface area contributed by atoms with E-state index in [1.165, 1.54) is 18.2 Å². The average molecular weight is 490 g/mol. The van der Waals surface area contributed by atoms with Crippen LogP contribution in [0, 0.1) is 0 Å². The van der Waals surface area contributed by atoms with Gasteiger partial charge >= 0.3 is 6.36 Å². The van der Waals surface area contributed by atoms with Crippen LogP contribution in [0.2, 0.25) is 0 Å². The van der Waals surface area contributed by atoms with E-state index in [0.29, 0.717) is 13.0 Å². The van der Waals surface area contributed by atoms with Gasteiger partial charge in [0.2, 0.25) is 0 Å². The molecule has 3 aromatic rings. The second kappa shape index (κ2) is 8.98. The lowest BCUT2D eigenvalue weighted by molar-refractivity contribution is -0.274. The number of aromatic amines is 1. The molecule has 0 unspecified atom stereocenters. The van der Waals surface area contributed by atoms with Crippen molar-refractivity contribution in [3.8, 4) is 5.75 Å². The second-order valence-electron chi connectivity index (χ2n) is 5.55. The number of halogens is 4. The largest absolute Gasteiger partial charge is 0.573 e. The molecule has 0 saturated carbocycles. The molecule has 0 aliphatic heterocycles. The number of hydrogen-bond acceptors (Lipinski definition) is 2. The number of alkyl halides is 3. The number of rotatable bonds is 5. The molecule has 144 valence electrons. The fourth-order valence-electron chi connectivity index (χ4n) is 2.60. The molecule has 0 saturated heterocycles. The van der Waals surface area contributed by atoms with Crippen molar-refractivity contribution in [3.05, 3.63) is 60.3 Å². The first-order valence-electron chi connectivity index (χ1n) is 7.89. The maximum Gasteiger partial charge on any atom is 0.573 e. The number of nitrogens with two attached hydrogens (primary N) is 1. The molecule has 0 radical (unpaired) electrons. The Labute approximate surface area is 170 Å². The molecule has 4 N–H and O–H groups in total. The van der Waals surface area contributed by atoms with Crippen molar-refractivity contribution in [1.82, 2.24) is 4.98 Å². The topological polar surface area (TPSA) is 75.4 Å². The number of ether oxygens (including phenoxy) is 1. The Morgan fingerprint density at radius 3 is 2.59 bits per heavy atom. The van der Waals surface area contributed by atoms with Crippen molar-refractivity contribution >= 4 is 46.5 Å². The lowest BCUT2D eigenvalue weighted by Gasteiger charge is -2.14. The molecule has 1 aromatic heterocycles. The number of hydrogen-bond donors (Lipinski definition) is 3. The van der Waals surface area contributed by atoms with Crippen LogP contribution in [0.25, 0.3) is 10.9 Å². The van der Waals surface area contributed by atoms with E-state index in [0.717, 1.165) is 16.5 Å². The van der Waals surface area contributed by atoms with Crippen molar-refractivity contribution in [2.75, 3.05) is 11.9 Å². The lowest BCUT2D eigenvalue weighted by Crippen LogP contribution is -2.24. The minimum absolute atomic E-state index is 0. The van der Waals surface area contributed by atoms with Crippen LogP contribution < -0.4 is 15.8 Å². The highest BCUT2D eigenvalue weighted by Crippen LogP contribution is 2.29. The number of nitrogens with one attached hydrogen (secondary N) is 2. The van der Waals surface area contributed by atoms with Gasteiger partial charge in [0.1, 0.15) is 0 Å². The Balaban J connectivity index is 0.00000261. The summed E-state index contributed by atoms with van der Waals surface area (Å²) in [6.45, 7) is 0.392. The zero-order valence-corrected chi connectivity index (χ0v) is 16.4. The van der Waals surface area contributed by atoms with Crippen LogP contribution in [0.1, 0.15) is 5.56 Å².